The molecule has 0 aliphatic carbocycles. The molecular weight excluding hydrogens is 416 g/mol. The van der Waals surface area contributed by atoms with Crippen molar-refractivity contribution in [1.29, 1.82) is 0 Å². The lowest BCUT2D eigenvalue weighted by Crippen LogP contribution is -2.26. The minimum absolute atomic E-state index is 0.0711. The number of nitrogens with one attached hydrogen (secondary N) is 1. The van der Waals surface area contributed by atoms with Crippen molar-refractivity contribution in [3.05, 3.63) is 70.9 Å². The maximum Gasteiger partial charge on any atom is 0.263 e. The van der Waals surface area contributed by atoms with Gasteiger partial charge in [-0.25, -0.2) is 4.99 Å². The van der Waals surface area contributed by atoms with Crippen LogP contribution in [0, 0.1) is 0 Å². The predicted octanol–water partition coefficient (Wildman–Crippen LogP) is 6.02. The number of fused-ring (bicyclic) bond motifs is 1. The van der Waals surface area contributed by atoms with E-state index in [1.165, 1.54) is 16.9 Å². The van der Waals surface area contributed by atoms with Crippen LogP contribution in [0.5, 0.6) is 0 Å². The summed E-state index contributed by atoms with van der Waals surface area (Å²) in [5, 5.41) is 4.15. The molecule has 2 heterocycles. The number of nitrogen functional groups attached to an aromatic ring is 1. The molecule has 1 saturated heterocycles. The lowest BCUT2D eigenvalue weighted by molar-refractivity contribution is 0.0797. The van der Waals surface area contributed by atoms with E-state index in [2.05, 4.69) is 49.8 Å². The molecule has 1 amide bonds. The molecule has 1 aromatic heterocycles. The van der Waals surface area contributed by atoms with Gasteiger partial charge in [-0.3, -0.25) is 4.79 Å². The number of benzene rings is 2. The van der Waals surface area contributed by atoms with Gasteiger partial charge in [0.05, 0.1) is 4.88 Å². The summed E-state index contributed by atoms with van der Waals surface area (Å²) in [6.07, 6.45) is 3.88. The number of likely N-dealkylation sites (tertiary alicyclic amines) is 1. The highest BCUT2D eigenvalue weighted by Gasteiger charge is 2.22. The third-order valence-electron chi connectivity index (χ3n) is 5.76. The molecular formula is C26H30N4OS. The Labute approximate surface area is 193 Å². The Morgan fingerprint density at radius 2 is 1.94 bits per heavy atom. The molecule has 0 unspecified atom stereocenters. The molecule has 0 saturated carbocycles. The van der Waals surface area contributed by atoms with Crippen LogP contribution in [-0.2, 0) is 5.41 Å². The van der Waals surface area contributed by atoms with E-state index >= 15 is 0 Å². The number of nitrogens with two attached hydrogens (primary N) is 1. The molecule has 5 nitrogen and oxygen atoms in total. The topological polar surface area (TPSA) is 70.7 Å². The standard InChI is InChI=1S/C26H30N4OS/c1-17(29-20-9-7-8-19(14-20)26(2,3)4)28-16-18-10-11-22-21(24(18)27)15-23(32-22)25(31)30-12-5-6-13-30/h7-11,14-16,29H,1,5-6,12-13,27H2,2-4H3. The minimum atomic E-state index is 0.0711. The van der Waals surface area contributed by atoms with Crippen molar-refractivity contribution < 1.29 is 4.79 Å². The predicted molar refractivity (Wildman–Crippen MR) is 137 cm³/mol. The zero-order valence-corrected chi connectivity index (χ0v) is 19.8. The molecule has 4 rings (SSSR count). The highest BCUT2D eigenvalue weighted by molar-refractivity contribution is 7.20. The number of hydrogen-bond acceptors (Lipinski definition) is 5. The lowest BCUT2D eigenvalue weighted by Gasteiger charge is -2.20. The summed E-state index contributed by atoms with van der Waals surface area (Å²) in [7, 11) is 0. The molecule has 0 spiro atoms. The van der Waals surface area contributed by atoms with E-state index in [0.717, 1.165) is 52.1 Å². The Morgan fingerprint density at radius 3 is 2.66 bits per heavy atom. The number of rotatable bonds is 5. The van der Waals surface area contributed by atoms with Crippen molar-refractivity contribution in [2.75, 3.05) is 24.1 Å². The number of anilines is 2. The summed E-state index contributed by atoms with van der Waals surface area (Å²) >= 11 is 1.50. The van der Waals surface area contributed by atoms with E-state index < -0.39 is 0 Å². The number of carbonyl (C=O) groups excluding carboxylic acids is 1. The molecule has 1 fully saturated rings. The van der Waals surface area contributed by atoms with Crippen LogP contribution >= 0.6 is 11.3 Å². The second-order valence-corrected chi connectivity index (χ2v) is 10.3. The SMILES string of the molecule is C=C(N=Cc1ccc2sc(C(=O)N3CCCC3)cc2c1N)Nc1cccc(C(C)(C)C)c1. The third-order valence-corrected chi connectivity index (χ3v) is 6.85. The average molecular weight is 447 g/mol. The van der Waals surface area contributed by atoms with Crippen LogP contribution in [0.4, 0.5) is 11.4 Å². The van der Waals surface area contributed by atoms with E-state index in [4.69, 9.17) is 5.73 Å². The van der Waals surface area contributed by atoms with Crippen molar-refractivity contribution in [2.24, 2.45) is 4.99 Å². The lowest BCUT2D eigenvalue weighted by atomic mass is 9.87. The van der Waals surface area contributed by atoms with Gasteiger partial charge in [0, 0.05) is 46.3 Å². The van der Waals surface area contributed by atoms with Gasteiger partial charge in [-0.1, -0.05) is 39.5 Å². The first kappa shape index (κ1) is 22.1. The first-order valence-corrected chi connectivity index (χ1v) is 11.8. The first-order valence-electron chi connectivity index (χ1n) is 10.9. The highest BCUT2D eigenvalue weighted by atomic mass is 32.1. The second-order valence-electron chi connectivity index (χ2n) is 9.25. The number of nitrogens with zero attached hydrogens (tertiary/aromatic N) is 2. The van der Waals surface area contributed by atoms with E-state index in [1.807, 2.05) is 35.2 Å². The molecule has 32 heavy (non-hydrogen) atoms. The van der Waals surface area contributed by atoms with Gasteiger partial charge in [-0.05, 0) is 54.2 Å². The van der Waals surface area contributed by atoms with Crippen LogP contribution in [0.25, 0.3) is 10.1 Å². The maximum absolute atomic E-state index is 12.7. The fourth-order valence-corrected chi connectivity index (χ4v) is 4.90. The molecule has 3 N–H and O–H groups in total. The highest BCUT2D eigenvalue weighted by Crippen LogP contribution is 2.33. The van der Waals surface area contributed by atoms with Crippen molar-refractivity contribution in [3.63, 3.8) is 0 Å². The number of thiophene rings is 1. The monoisotopic (exact) mass is 446 g/mol. The van der Waals surface area contributed by atoms with Gasteiger partial charge in [0.1, 0.15) is 5.82 Å². The summed E-state index contributed by atoms with van der Waals surface area (Å²) in [6, 6.07) is 14.1. The van der Waals surface area contributed by atoms with Gasteiger partial charge in [0.2, 0.25) is 0 Å². The molecule has 0 radical (unpaired) electrons. The molecule has 2 aromatic carbocycles. The fraction of sp³-hybridized carbons (Fsp3) is 0.308. The smallest absolute Gasteiger partial charge is 0.263 e. The zero-order valence-electron chi connectivity index (χ0n) is 18.9. The Bertz CT molecular complexity index is 1200. The van der Waals surface area contributed by atoms with Crippen molar-refractivity contribution in [2.45, 2.75) is 39.0 Å². The van der Waals surface area contributed by atoms with Crippen molar-refractivity contribution >= 4 is 44.9 Å². The van der Waals surface area contributed by atoms with Crippen LogP contribution in [-0.4, -0.2) is 30.1 Å². The van der Waals surface area contributed by atoms with Crippen molar-refractivity contribution in [3.8, 4) is 0 Å². The number of aliphatic imine (C=N–C) groups is 1. The molecule has 1 aliphatic heterocycles. The van der Waals surface area contributed by atoms with Gasteiger partial charge >= 0.3 is 0 Å². The molecule has 6 heteroatoms. The first-order chi connectivity index (χ1) is 15.2. The van der Waals surface area contributed by atoms with E-state index in [0.29, 0.717) is 11.5 Å². The average Bonchev–Trinajstić information content (AvgIpc) is 3.43. The second kappa shape index (κ2) is 8.79. The van der Waals surface area contributed by atoms with Crippen LogP contribution < -0.4 is 11.1 Å². The number of carbonyl (C=O) groups is 1. The largest absolute Gasteiger partial charge is 0.398 e. The van der Waals surface area contributed by atoms with E-state index in [-0.39, 0.29) is 11.3 Å². The van der Waals surface area contributed by atoms with Gasteiger partial charge in [0.25, 0.3) is 5.91 Å². The summed E-state index contributed by atoms with van der Waals surface area (Å²) in [6.45, 7) is 12.3. The molecule has 166 valence electrons. The number of amides is 1. The van der Waals surface area contributed by atoms with E-state index in [9.17, 15) is 4.79 Å². The Balaban J connectivity index is 1.50. The molecule has 3 aromatic rings. The maximum atomic E-state index is 12.7. The van der Waals surface area contributed by atoms with Gasteiger partial charge in [-0.15, -0.1) is 11.3 Å². The minimum Gasteiger partial charge on any atom is -0.398 e. The molecule has 1 aliphatic rings. The van der Waals surface area contributed by atoms with Crippen LogP contribution in [0.15, 0.2) is 59.9 Å². The third kappa shape index (κ3) is 4.70. The zero-order chi connectivity index (χ0) is 22.9. The van der Waals surface area contributed by atoms with Crippen molar-refractivity contribution in [1.82, 2.24) is 4.90 Å². The van der Waals surface area contributed by atoms with Gasteiger partial charge < -0.3 is 16.0 Å². The summed E-state index contributed by atoms with van der Waals surface area (Å²) in [4.78, 5) is 19.9. The van der Waals surface area contributed by atoms with E-state index in [1.54, 1.807) is 6.21 Å². The van der Waals surface area contributed by atoms with Gasteiger partial charge in [-0.2, -0.15) is 0 Å². The Hall–Kier alpha value is -3.12. The Kier molecular flexibility index (Phi) is 6.07. The quantitative estimate of drug-likeness (QED) is 0.372. The summed E-state index contributed by atoms with van der Waals surface area (Å²) in [5.74, 6) is 0.638. The fourth-order valence-electron chi connectivity index (χ4n) is 3.85. The van der Waals surface area contributed by atoms with Crippen LogP contribution in [0.2, 0.25) is 0 Å². The summed E-state index contributed by atoms with van der Waals surface area (Å²) < 4.78 is 1.01. The molecule has 0 atom stereocenters. The molecule has 0 bridgehead atoms. The number of hydrogen-bond donors (Lipinski definition) is 2. The van der Waals surface area contributed by atoms with Crippen LogP contribution in [0.3, 0.4) is 0 Å². The van der Waals surface area contributed by atoms with Crippen LogP contribution in [0.1, 0.15) is 54.4 Å². The normalized spacial score (nSPS) is 14.4. The van der Waals surface area contributed by atoms with Gasteiger partial charge in [0.15, 0.2) is 0 Å². The summed E-state index contributed by atoms with van der Waals surface area (Å²) in [5.41, 5.74) is 10.1. The Morgan fingerprint density at radius 1 is 1.19 bits per heavy atom.